The fourth-order valence-corrected chi connectivity index (χ4v) is 3.49. The van der Waals surface area contributed by atoms with E-state index in [0.717, 1.165) is 50.5 Å². The van der Waals surface area contributed by atoms with E-state index in [4.69, 9.17) is 4.74 Å². The van der Waals surface area contributed by atoms with Crippen molar-refractivity contribution in [2.45, 2.75) is 39.3 Å². The fraction of sp³-hybridized carbons (Fsp3) is 0.667. The first-order chi connectivity index (χ1) is 12.9. The van der Waals surface area contributed by atoms with Crippen LogP contribution in [-0.2, 0) is 6.54 Å². The molecule has 0 aromatic heterocycles. The molecule has 1 aliphatic rings. The standard InChI is InChI=1S/C21H36N4O2/c1-6-11-24(16-18-9-7-8-10-19(18)27-5)20(26)22-17-21(2,3)25-14-12-23(4)13-15-25/h7-10H,6,11-17H2,1-5H3,(H,22,26). The number of rotatable bonds is 8. The number of hydrogen-bond donors (Lipinski definition) is 1. The van der Waals surface area contributed by atoms with E-state index in [-0.39, 0.29) is 11.6 Å². The molecular weight excluding hydrogens is 340 g/mol. The highest BCUT2D eigenvalue weighted by molar-refractivity contribution is 5.74. The van der Waals surface area contributed by atoms with E-state index >= 15 is 0 Å². The number of nitrogens with one attached hydrogen (secondary N) is 1. The van der Waals surface area contributed by atoms with Crippen molar-refractivity contribution in [3.63, 3.8) is 0 Å². The van der Waals surface area contributed by atoms with Gasteiger partial charge < -0.3 is 19.9 Å². The maximum Gasteiger partial charge on any atom is 0.317 e. The lowest BCUT2D eigenvalue weighted by Crippen LogP contribution is -2.58. The Hall–Kier alpha value is -1.79. The molecule has 152 valence electrons. The van der Waals surface area contributed by atoms with Crippen LogP contribution in [0.1, 0.15) is 32.8 Å². The number of likely N-dealkylation sites (N-methyl/N-ethyl adjacent to an activating group) is 1. The molecule has 2 amide bonds. The second kappa shape index (κ2) is 9.95. The molecule has 1 N–H and O–H groups in total. The second-order valence-electron chi connectivity index (χ2n) is 7.99. The third-order valence-corrected chi connectivity index (χ3v) is 5.37. The van der Waals surface area contributed by atoms with Gasteiger partial charge in [0.1, 0.15) is 5.75 Å². The van der Waals surface area contributed by atoms with Crippen molar-refractivity contribution in [3.05, 3.63) is 29.8 Å². The molecule has 1 aromatic rings. The van der Waals surface area contributed by atoms with Crippen LogP contribution >= 0.6 is 0 Å². The molecular formula is C21H36N4O2. The summed E-state index contributed by atoms with van der Waals surface area (Å²) in [5.74, 6) is 0.823. The van der Waals surface area contributed by atoms with Crippen molar-refractivity contribution >= 4 is 6.03 Å². The fourth-order valence-electron chi connectivity index (χ4n) is 3.49. The Morgan fingerprint density at radius 1 is 1.22 bits per heavy atom. The number of piperazine rings is 1. The van der Waals surface area contributed by atoms with E-state index in [1.165, 1.54) is 0 Å². The van der Waals surface area contributed by atoms with Gasteiger partial charge >= 0.3 is 6.03 Å². The molecule has 0 bridgehead atoms. The van der Waals surface area contributed by atoms with Crippen LogP contribution in [0.2, 0.25) is 0 Å². The lowest BCUT2D eigenvalue weighted by molar-refractivity contribution is 0.0621. The molecule has 0 aliphatic carbocycles. The van der Waals surface area contributed by atoms with Crippen LogP contribution in [0.25, 0.3) is 0 Å². The van der Waals surface area contributed by atoms with Gasteiger partial charge in [0.05, 0.1) is 13.7 Å². The van der Waals surface area contributed by atoms with E-state index in [1.807, 2.05) is 29.2 Å². The summed E-state index contributed by atoms with van der Waals surface area (Å²) >= 11 is 0. The highest BCUT2D eigenvalue weighted by Crippen LogP contribution is 2.20. The highest BCUT2D eigenvalue weighted by atomic mass is 16.5. The average Bonchev–Trinajstić information content (AvgIpc) is 2.66. The van der Waals surface area contributed by atoms with Crippen LogP contribution in [0.15, 0.2) is 24.3 Å². The number of methoxy groups -OCH3 is 1. The highest BCUT2D eigenvalue weighted by Gasteiger charge is 2.30. The Morgan fingerprint density at radius 2 is 1.89 bits per heavy atom. The Balaban J connectivity index is 1.96. The number of hydrogen-bond acceptors (Lipinski definition) is 4. The van der Waals surface area contributed by atoms with Crippen molar-refractivity contribution in [1.29, 1.82) is 0 Å². The minimum Gasteiger partial charge on any atom is -0.496 e. The smallest absolute Gasteiger partial charge is 0.317 e. The number of nitrogens with zero attached hydrogens (tertiary/aromatic N) is 3. The van der Waals surface area contributed by atoms with Gasteiger partial charge in [-0.25, -0.2) is 4.79 Å². The summed E-state index contributed by atoms with van der Waals surface area (Å²) in [6, 6.07) is 7.88. The van der Waals surface area contributed by atoms with Gasteiger partial charge in [0.2, 0.25) is 0 Å². The van der Waals surface area contributed by atoms with Crippen molar-refractivity contribution < 1.29 is 9.53 Å². The lowest BCUT2D eigenvalue weighted by Gasteiger charge is -2.43. The topological polar surface area (TPSA) is 48.1 Å². The van der Waals surface area contributed by atoms with Gasteiger partial charge in [-0.05, 0) is 33.4 Å². The lowest BCUT2D eigenvalue weighted by atomic mass is 10.0. The third kappa shape index (κ3) is 6.11. The molecule has 1 aliphatic heterocycles. The molecule has 0 radical (unpaired) electrons. The number of benzene rings is 1. The van der Waals surface area contributed by atoms with Crippen LogP contribution in [0.3, 0.4) is 0 Å². The molecule has 1 heterocycles. The summed E-state index contributed by atoms with van der Waals surface area (Å²) in [5, 5.41) is 3.16. The third-order valence-electron chi connectivity index (χ3n) is 5.37. The zero-order valence-electron chi connectivity index (χ0n) is 17.6. The van der Waals surface area contributed by atoms with Crippen molar-refractivity contribution in [3.8, 4) is 5.75 Å². The monoisotopic (exact) mass is 376 g/mol. The number of carbonyl (C=O) groups excluding carboxylic acids is 1. The number of ether oxygens (including phenoxy) is 1. The molecule has 1 saturated heterocycles. The second-order valence-corrected chi connectivity index (χ2v) is 7.99. The van der Waals surface area contributed by atoms with Crippen LogP contribution in [-0.4, -0.2) is 79.7 Å². The van der Waals surface area contributed by atoms with E-state index < -0.39 is 0 Å². The first-order valence-electron chi connectivity index (χ1n) is 9.95. The van der Waals surface area contributed by atoms with Crippen molar-refractivity contribution in [2.24, 2.45) is 0 Å². The van der Waals surface area contributed by atoms with Crippen LogP contribution < -0.4 is 10.1 Å². The maximum atomic E-state index is 12.9. The summed E-state index contributed by atoms with van der Waals surface area (Å²) in [7, 11) is 3.83. The van der Waals surface area contributed by atoms with Crippen LogP contribution in [0, 0.1) is 0 Å². The average molecular weight is 377 g/mol. The maximum absolute atomic E-state index is 12.9. The predicted molar refractivity (Wildman–Crippen MR) is 110 cm³/mol. The Bertz CT molecular complexity index is 598. The van der Waals surface area contributed by atoms with Gasteiger partial charge in [-0.3, -0.25) is 4.90 Å². The normalized spacial score (nSPS) is 16.2. The SMILES string of the molecule is CCCN(Cc1ccccc1OC)C(=O)NCC(C)(C)N1CCN(C)CC1. The minimum atomic E-state index is -0.0563. The van der Waals surface area contributed by atoms with Crippen LogP contribution in [0.4, 0.5) is 4.79 Å². The molecule has 0 atom stereocenters. The minimum absolute atomic E-state index is 0.00930. The van der Waals surface area contributed by atoms with Crippen LogP contribution in [0.5, 0.6) is 5.75 Å². The van der Waals surface area contributed by atoms with Crippen molar-refractivity contribution in [2.75, 3.05) is 53.4 Å². The molecule has 27 heavy (non-hydrogen) atoms. The predicted octanol–water partition coefficient (Wildman–Crippen LogP) is 2.64. The Labute approximate surface area is 164 Å². The van der Waals surface area contributed by atoms with Gasteiger partial charge in [-0.1, -0.05) is 25.1 Å². The number of para-hydroxylation sites is 1. The van der Waals surface area contributed by atoms with Gasteiger partial charge in [-0.15, -0.1) is 0 Å². The molecule has 1 fully saturated rings. The molecule has 6 heteroatoms. The molecule has 2 rings (SSSR count). The van der Waals surface area contributed by atoms with E-state index in [2.05, 4.69) is 42.9 Å². The zero-order chi connectivity index (χ0) is 19.9. The van der Waals surface area contributed by atoms with Gasteiger partial charge in [0.15, 0.2) is 0 Å². The van der Waals surface area contributed by atoms with Gasteiger partial charge in [0, 0.05) is 50.4 Å². The summed E-state index contributed by atoms with van der Waals surface area (Å²) in [5.41, 5.74) is 0.973. The van der Waals surface area contributed by atoms with Gasteiger partial charge in [-0.2, -0.15) is 0 Å². The summed E-state index contributed by atoms with van der Waals surface area (Å²) in [6.07, 6.45) is 0.921. The number of carbonyl (C=O) groups is 1. The number of urea groups is 1. The molecule has 6 nitrogen and oxygen atoms in total. The molecule has 0 saturated carbocycles. The first-order valence-corrected chi connectivity index (χ1v) is 9.95. The largest absolute Gasteiger partial charge is 0.496 e. The van der Waals surface area contributed by atoms with Crippen molar-refractivity contribution in [1.82, 2.24) is 20.0 Å². The van der Waals surface area contributed by atoms with E-state index in [0.29, 0.717) is 13.1 Å². The number of amides is 2. The summed E-state index contributed by atoms with van der Waals surface area (Å²) < 4.78 is 5.44. The quantitative estimate of drug-likeness (QED) is 0.758. The Kier molecular flexibility index (Phi) is 7.92. The molecule has 0 unspecified atom stereocenters. The summed E-state index contributed by atoms with van der Waals surface area (Å²) in [4.78, 5) is 19.6. The Morgan fingerprint density at radius 3 is 2.52 bits per heavy atom. The van der Waals surface area contributed by atoms with Gasteiger partial charge in [0.25, 0.3) is 0 Å². The summed E-state index contributed by atoms with van der Waals surface area (Å²) in [6.45, 7) is 12.7. The van der Waals surface area contributed by atoms with E-state index in [1.54, 1.807) is 7.11 Å². The zero-order valence-corrected chi connectivity index (χ0v) is 17.6. The van der Waals surface area contributed by atoms with E-state index in [9.17, 15) is 4.79 Å². The molecule has 0 spiro atoms. The molecule has 1 aromatic carbocycles. The first kappa shape index (κ1) is 21.5.